The molecule has 1 heterocycles. The molecule has 2 aliphatic rings. The van der Waals surface area contributed by atoms with Crippen LogP contribution in [-0.2, 0) is 0 Å². The predicted octanol–water partition coefficient (Wildman–Crippen LogP) is 3.91. The Balaban J connectivity index is 1.91. The third-order valence-corrected chi connectivity index (χ3v) is 5.68. The molecule has 118 valence electrons. The molecule has 2 heteroatoms. The zero-order valence-corrected chi connectivity index (χ0v) is 14.4. The van der Waals surface area contributed by atoms with Crippen LogP contribution in [0.2, 0.25) is 0 Å². The van der Waals surface area contributed by atoms with Crippen molar-refractivity contribution in [2.24, 2.45) is 17.3 Å². The van der Waals surface area contributed by atoms with E-state index in [1.54, 1.807) is 0 Å². The third-order valence-electron chi connectivity index (χ3n) is 5.68. The molecule has 0 amide bonds. The fraction of sp³-hybridized carbons (Fsp3) is 1.00. The average molecular weight is 280 g/mol. The number of hydrogen-bond donors (Lipinski definition) is 1. The van der Waals surface area contributed by atoms with E-state index in [2.05, 4.69) is 44.8 Å². The van der Waals surface area contributed by atoms with E-state index in [9.17, 15) is 0 Å². The van der Waals surface area contributed by atoms with Gasteiger partial charge in [-0.15, -0.1) is 0 Å². The molecule has 2 nitrogen and oxygen atoms in total. The topological polar surface area (TPSA) is 15.3 Å². The fourth-order valence-electron chi connectivity index (χ4n) is 3.91. The Morgan fingerprint density at radius 2 is 1.75 bits per heavy atom. The zero-order chi connectivity index (χ0) is 14.8. The van der Waals surface area contributed by atoms with Crippen molar-refractivity contribution in [1.82, 2.24) is 10.2 Å². The van der Waals surface area contributed by atoms with Crippen LogP contribution in [0.5, 0.6) is 0 Å². The highest BCUT2D eigenvalue weighted by molar-refractivity contribution is 4.92. The van der Waals surface area contributed by atoms with Gasteiger partial charge in [0.05, 0.1) is 0 Å². The summed E-state index contributed by atoms with van der Waals surface area (Å²) in [5.41, 5.74) is 0.373. The van der Waals surface area contributed by atoms with Crippen molar-refractivity contribution in [3.05, 3.63) is 0 Å². The smallest absolute Gasteiger partial charge is 0.0244 e. The molecule has 1 N–H and O–H groups in total. The van der Waals surface area contributed by atoms with Crippen LogP contribution in [0.25, 0.3) is 0 Å². The summed E-state index contributed by atoms with van der Waals surface area (Å²) in [6, 6.07) is 1.40. The zero-order valence-electron chi connectivity index (χ0n) is 14.4. The number of nitrogens with one attached hydrogen (secondary N) is 1. The molecule has 1 aliphatic carbocycles. The van der Waals surface area contributed by atoms with Gasteiger partial charge in [-0.25, -0.2) is 0 Å². The lowest BCUT2D eigenvalue weighted by Gasteiger charge is -2.46. The van der Waals surface area contributed by atoms with E-state index < -0.39 is 0 Å². The van der Waals surface area contributed by atoms with Crippen LogP contribution in [0.3, 0.4) is 0 Å². The van der Waals surface area contributed by atoms with Gasteiger partial charge in [0, 0.05) is 31.7 Å². The predicted molar refractivity (Wildman–Crippen MR) is 88.0 cm³/mol. The molecule has 2 unspecified atom stereocenters. The van der Waals surface area contributed by atoms with E-state index in [4.69, 9.17) is 0 Å². The van der Waals surface area contributed by atoms with E-state index in [-0.39, 0.29) is 0 Å². The summed E-state index contributed by atoms with van der Waals surface area (Å²) in [7, 11) is 0. The van der Waals surface area contributed by atoms with Gasteiger partial charge in [-0.3, -0.25) is 4.90 Å². The maximum atomic E-state index is 3.79. The van der Waals surface area contributed by atoms with Crippen LogP contribution in [0.4, 0.5) is 0 Å². The van der Waals surface area contributed by atoms with E-state index in [1.807, 2.05) is 0 Å². The standard InChI is InChI=1S/C18H36N2/c1-6-16-11-19-17(18(3,4)5)13-20(16)12-15-9-7-14(2)8-10-15/h14-17,19H,6-13H2,1-5H3. The molecule has 20 heavy (non-hydrogen) atoms. The highest BCUT2D eigenvalue weighted by Gasteiger charge is 2.34. The highest BCUT2D eigenvalue weighted by atomic mass is 15.2. The highest BCUT2D eigenvalue weighted by Crippen LogP contribution is 2.31. The maximum Gasteiger partial charge on any atom is 0.0244 e. The molecule has 0 aromatic carbocycles. The van der Waals surface area contributed by atoms with Gasteiger partial charge >= 0.3 is 0 Å². The van der Waals surface area contributed by atoms with Gasteiger partial charge in [0.15, 0.2) is 0 Å². The molecule has 1 saturated heterocycles. The largest absolute Gasteiger partial charge is 0.311 e. The number of rotatable bonds is 3. The first-order valence-corrected chi connectivity index (χ1v) is 8.87. The second kappa shape index (κ2) is 6.79. The Bertz CT molecular complexity index is 286. The first-order valence-electron chi connectivity index (χ1n) is 8.87. The normalized spacial score (nSPS) is 37.0. The minimum Gasteiger partial charge on any atom is -0.311 e. The lowest BCUT2D eigenvalue weighted by molar-refractivity contribution is 0.0613. The number of nitrogens with zero attached hydrogens (tertiary/aromatic N) is 1. The molecule has 1 saturated carbocycles. The fourth-order valence-corrected chi connectivity index (χ4v) is 3.91. The number of hydrogen-bond acceptors (Lipinski definition) is 2. The minimum atomic E-state index is 0.373. The van der Waals surface area contributed by atoms with Crippen LogP contribution >= 0.6 is 0 Å². The quantitative estimate of drug-likeness (QED) is 0.843. The van der Waals surface area contributed by atoms with Crippen molar-refractivity contribution < 1.29 is 0 Å². The molecule has 1 aliphatic heterocycles. The van der Waals surface area contributed by atoms with E-state index in [0.717, 1.165) is 17.9 Å². The molecule has 0 bridgehead atoms. The molecule has 0 aromatic heterocycles. The summed E-state index contributed by atoms with van der Waals surface area (Å²) in [6.45, 7) is 15.7. The van der Waals surface area contributed by atoms with E-state index in [0.29, 0.717) is 11.5 Å². The van der Waals surface area contributed by atoms with Gasteiger partial charge in [0.1, 0.15) is 0 Å². The molecule has 0 aromatic rings. The molecule has 2 atom stereocenters. The van der Waals surface area contributed by atoms with E-state index in [1.165, 1.54) is 51.7 Å². The monoisotopic (exact) mass is 280 g/mol. The Morgan fingerprint density at radius 1 is 1.10 bits per heavy atom. The summed E-state index contributed by atoms with van der Waals surface area (Å²) in [6.07, 6.45) is 7.11. The van der Waals surface area contributed by atoms with Gasteiger partial charge in [0.25, 0.3) is 0 Å². The van der Waals surface area contributed by atoms with Crippen LogP contribution in [0.15, 0.2) is 0 Å². The molecule has 0 spiro atoms. The van der Waals surface area contributed by atoms with Crippen molar-refractivity contribution >= 4 is 0 Å². The van der Waals surface area contributed by atoms with Gasteiger partial charge in [0.2, 0.25) is 0 Å². The van der Waals surface area contributed by atoms with Crippen molar-refractivity contribution in [3.8, 4) is 0 Å². The van der Waals surface area contributed by atoms with Crippen molar-refractivity contribution in [1.29, 1.82) is 0 Å². The van der Waals surface area contributed by atoms with Crippen molar-refractivity contribution in [2.45, 2.75) is 78.8 Å². The Kier molecular flexibility index (Phi) is 5.53. The second-order valence-corrected chi connectivity index (χ2v) is 8.47. The van der Waals surface area contributed by atoms with Crippen LogP contribution in [0, 0.1) is 17.3 Å². The van der Waals surface area contributed by atoms with Gasteiger partial charge in [-0.05, 0) is 36.5 Å². The Morgan fingerprint density at radius 3 is 2.30 bits per heavy atom. The van der Waals surface area contributed by atoms with Gasteiger partial charge < -0.3 is 5.32 Å². The average Bonchev–Trinajstić information content (AvgIpc) is 2.40. The molecular weight excluding hydrogens is 244 g/mol. The summed E-state index contributed by atoms with van der Waals surface area (Å²) >= 11 is 0. The van der Waals surface area contributed by atoms with E-state index >= 15 is 0 Å². The minimum absolute atomic E-state index is 0.373. The van der Waals surface area contributed by atoms with Crippen molar-refractivity contribution in [2.75, 3.05) is 19.6 Å². The Labute approximate surface area is 126 Å². The van der Waals surface area contributed by atoms with Crippen molar-refractivity contribution in [3.63, 3.8) is 0 Å². The summed E-state index contributed by atoms with van der Waals surface area (Å²) in [4.78, 5) is 2.81. The van der Waals surface area contributed by atoms with Gasteiger partial charge in [-0.2, -0.15) is 0 Å². The number of piperazine rings is 1. The first-order chi connectivity index (χ1) is 9.40. The lowest BCUT2D eigenvalue weighted by atomic mass is 9.81. The maximum absolute atomic E-state index is 3.79. The third kappa shape index (κ3) is 4.21. The second-order valence-electron chi connectivity index (χ2n) is 8.47. The summed E-state index contributed by atoms with van der Waals surface area (Å²) in [5, 5.41) is 3.79. The molecular formula is C18H36N2. The first kappa shape index (κ1) is 16.3. The lowest BCUT2D eigenvalue weighted by Crippen LogP contribution is -2.60. The summed E-state index contributed by atoms with van der Waals surface area (Å²) in [5.74, 6) is 1.93. The molecule has 2 fully saturated rings. The van der Waals surface area contributed by atoms with Crippen LogP contribution in [-0.4, -0.2) is 36.6 Å². The van der Waals surface area contributed by atoms with Crippen LogP contribution < -0.4 is 5.32 Å². The molecule has 2 rings (SSSR count). The molecule has 0 radical (unpaired) electrons. The van der Waals surface area contributed by atoms with Crippen LogP contribution in [0.1, 0.15) is 66.7 Å². The summed E-state index contributed by atoms with van der Waals surface area (Å²) < 4.78 is 0. The Hall–Kier alpha value is -0.0800. The SMILES string of the molecule is CCC1CNC(C(C)(C)C)CN1CC1CCC(C)CC1. The van der Waals surface area contributed by atoms with Gasteiger partial charge in [-0.1, -0.05) is 47.5 Å².